The van der Waals surface area contributed by atoms with Gasteiger partial charge in [0, 0.05) is 17.5 Å². The van der Waals surface area contributed by atoms with Crippen LogP contribution in [0.1, 0.15) is 48.0 Å². The first-order chi connectivity index (χ1) is 9.94. The Hall–Kier alpha value is -2.10. The van der Waals surface area contributed by atoms with Crippen molar-refractivity contribution < 1.29 is 13.6 Å². The van der Waals surface area contributed by atoms with Crippen LogP contribution in [0.5, 0.6) is 0 Å². The first-order valence-electron chi connectivity index (χ1n) is 7.07. The summed E-state index contributed by atoms with van der Waals surface area (Å²) in [5.41, 5.74) is 1.58. The molecule has 1 aliphatic rings. The van der Waals surface area contributed by atoms with Gasteiger partial charge in [-0.1, -0.05) is 13.8 Å². The van der Waals surface area contributed by atoms with Gasteiger partial charge in [0.1, 0.15) is 11.6 Å². The van der Waals surface area contributed by atoms with E-state index in [2.05, 4.69) is 19.2 Å². The number of carbonyl (C=O) groups is 1. The van der Waals surface area contributed by atoms with Crippen LogP contribution in [-0.4, -0.2) is 5.91 Å². The molecule has 1 N–H and O–H groups in total. The number of carbonyl (C=O) groups excluding carboxylic acids is 1. The molecule has 21 heavy (non-hydrogen) atoms. The smallest absolute Gasteiger partial charge is 0.251 e. The number of fused-ring (bicyclic) bond motifs is 1. The molecule has 0 bridgehead atoms. The second-order valence-electron chi connectivity index (χ2n) is 6.38. The Morgan fingerprint density at radius 2 is 2.00 bits per heavy atom. The van der Waals surface area contributed by atoms with Crippen molar-refractivity contribution in [1.29, 1.82) is 0 Å². The quantitative estimate of drug-likeness (QED) is 0.911. The number of halogens is 1. The highest BCUT2D eigenvalue weighted by Gasteiger charge is 2.35. The van der Waals surface area contributed by atoms with Gasteiger partial charge >= 0.3 is 0 Å². The van der Waals surface area contributed by atoms with Crippen molar-refractivity contribution in [3.8, 4) is 0 Å². The third-order valence-corrected chi connectivity index (χ3v) is 3.96. The average Bonchev–Trinajstić information content (AvgIpc) is 2.86. The van der Waals surface area contributed by atoms with Crippen molar-refractivity contribution in [3.63, 3.8) is 0 Å². The van der Waals surface area contributed by atoms with Crippen molar-refractivity contribution in [3.05, 3.63) is 59.3 Å². The molecule has 0 saturated carbocycles. The molecular weight excluding hydrogens is 269 g/mol. The number of nitrogens with one attached hydrogen (secondary N) is 1. The van der Waals surface area contributed by atoms with Gasteiger partial charge in [0.2, 0.25) is 0 Å². The summed E-state index contributed by atoms with van der Waals surface area (Å²) >= 11 is 0. The summed E-state index contributed by atoms with van der Waals surface area (Å²) in [5.74, 6) is 0.406. The second kappa shape index (κ2) is 5.02. The maximum absolute atomic E-state index is 12.9. The van der Waals surface area contributed by atoms with Crippen LogP contribution in [-0.2, 0) is 6.42 Å². The van der Waals surface area contributed by atoms with E-state index in [0.717, 1.165) is 24.2 Å². The molecule has 1 amide bonds. The second-order valence-corrected chi connectivity index (χ2v) is 6.38. The monoisotopic (exact) mass is 287 g/mol. The third-order valence-electron chi connectivity index (χ3n) is 3.96. The Balaban J connectivity index is 1.82. The summed E-state index contributed by atoms with van der Waals surface area (Å²) < 4.78 is 18.4. The minimum absolute atomic E-state index is 0.0694. The highest BCUT2D eigenvalue weighted by molar-refractivity contribution is 5.94. The van der Waals surface area contributed by atoms with E-state index in [1.807, 2.05) is 6.07 Å². The predicted octanol–water partition coefficient (Wildman–Crippen LogP) is 3.86. The zero-order chi connectivity index (χ0) is 15.0. The van der Waals surface area contributed by atoms with Crippen molar-refractivity contribution >= 4 is 5.91 Å². The number of hydrogen-bond acceptors (Lipinski definition) is 2. The van der Waals surface area contributed by atoms with E-state index in [1.165, 1.54) is 24.3 Å². The third kappa shape index (κ3) is 2.84. The number of benzene rings is 1. The van der Waals surface area contributed by atoms with Crippen molar-refractivity contribution in [2.75, 3.05) is 0 Å². The Labute approximate surface area is 123 Å². The molecule has 110 valence electrons. The highest BCUT2D eigenvalue weighted by Crippen LogP contribution is 2.41. The molecule has 3 rings (SSSR count). The van der Waals surface area contributed by atoms with Crippen molar-refractivity contribution in [2.24, 2.45) is 5.41 Å². The Morgan fingerprint density at radius 3 is 2.71 bits per heavy atom. The van der Waals surface area contributed by atoms with E-state index in [-0.39, 0.29) is 23.2 Å². The normalized spacial score (nSPS) is 19.9. The van der Waals surface area contributed by atoms with Gasteiger partial charge in [-0.15, -0.1) is 0 Å². The summed E-state index contributed by atoms with van der Waals surface area (Å²) in [7, 11) is 0. The van der Waals surface area contributed by atoms with Crippen LogP contribution >= 0.6 is 0 Å². The van der Waals surface area contributed by atoms with Crippen LogP contribution in [0, 0.1) is 11.2 Å². The molecule has 0 radical (unpaired) electrons. The Morgan fingerprint density at radius 1 is 1.29 bits per heavy atom. The number of amides is 1. The summed E-state index contributed by atoms with van der Waals surface area (Å²) in [5, 5.41) is 3.03. The topological polar surface area (TPSA) is 42.2 Å². The molecule has 1 aliphatic carbocycles. The lowest BCUT2D eigenvalue weighted by molar-refractivity contribution is 0.0917. The van der Waals surface area contributed by atoms with Gasteiger partial charge in [-0.3, -0.25) is 4.79 Å². The standard InChI is InChI=1S/C17H18FNO2/c1-17(2)9-14(13-7-8-21-15(13)10-17)19-16(20)11-3-5-12(18)6-4-11/h3-8,14H,9-10H2,1-2H3,(H,19,20). The number of hydrogen-bond donors (Lipinski definition) is 1. The zero-order valence-corrected chi connectivity index (χ0v) is 12.2. The van der Waals surface area contributed by atoms with E-state index >= 15 is 0 Å². The SMILES string of the molecule is CC1(C)Cc2occc2C(NC(=O)c2ccc(F)cc2)C1. The van der Waals surface area contributed by atoms with Gasteiger partial charge in [-0.2, -0.15) is 0 Å². The van der Waals surface area contributed by atoms with Gasteiger partial charge in [0.25, 0.3) is 5.91 Å². The molecule has 0 spiro atoms. The van der Waals surface area contributed by atoms with Crippen molar-refractivity contribution in [2.45, 2.75) is 32.7 Å². The maximum atomic E-state index is 12.9. The lowest BCUT2D eigenvalue weighted by Crippen LogP contribution is -2.36. The largest absolute Gasteiger partial charge is 0.469 e. The minimum atomic E-state index is -0.345. The van der Waals surface area contributed by atoms with E-state index in [0.29, 0.717) is 5.56 Å². The summed E-state index contributed by atoms with van der Waals surface area (Å²) in [6.45, 7) is 4.32. The first kappa shape index (κ1) is 13.9. The average molecular weight is 287 g/mol. The molecule has 0 aliphatic heterocycles. The fourth-order valence-corrected chi connectivity index (χ4v) is 2.95. The van der Waals surface area contributed by atoms with Crippen LogP contribution < -0.4 is 5.32 Å². The van der Waals surface area contributed by atoms with Crippen LogP contribution in [0.25, 0.3) is 0 Å². The van der Waals surface area contributed by atoms with Crippen LogP contribution in [0.3, 0.4) is 0 Å². The van der Waals surface area contributed by atoms with Gasteiger partial charge in [0.05, 0.1) is 12.3 Å². The number of rotatable bonds is 2. The van der Waals surface area contributed by atoms with Crippen LogP contribution in [0.4, 0.5) is 4.39 Å². The van der Waals surface area contributed by atoms with E-state index in [9.17, 15) is 9.18 Å². The van der Waals surface area contributed by atoms with E-state index < -0.39 is 0 Å². The molecule has 0 saturated heterocycles. The lowest BCUT2D eigenvalue weighted by atomic mass is 9.74. The maximum Gasteiger partial charge on any atom is 0.251 e. The summed E-state index contributed by atoms with van der Waals surface area (Å²) in [6.07, 6.45) is 3.40. The molecule has 3 nitrogen and oxygen atoms in total. The molecule has 4 heteroatoms. The molecule has 1 aromatic carbocycles. The van der Waals surface area contributed by atoms with Crippen molar-refractivity contribution in [1.82, 2.24) is 5.32 Å². The fourth-order valence-electron chi connectivity index (χ4n) is 2.95. The minimum Gasteiger partial charge on any atom is -0.469 e. The van der Waals surface area contributed by atoms with E-state index in [1.54, 1.807) is 6.26 Å². The highest BCUT2D eigenvalue weighted by atomic mass is 19.1. The fraction of sp³-hybridized carbons (Fsp3) is 0.353. The molecule has 1 aromatic heterocycles. The Kier molecular flexibility index (Phi) is 3.32. The number of furan rings is 1. The predicted molar refractivity (Wildman–Crippen MR) is 77.4 cm³/mol. The molecule has 2 aromatic rings. The molecule has 0 fully saturated rings. The summed E-state index contributed by atoms with van der Waals surface area (Å²) in [4.78, 5) is 12.3. The lowest BCUT2D eigenvalue weighted by Gasteiger charge is -2.34. The van der Waals surface area contributed by atoms with Gasteiger partial charge in [-0.25, -0.2) is 4.39 Å². The molecule has 1 atom stereocenters. The van der Waals surface area contributed by atoms with Gasteiger partial charge < -0.3 is 9.73 Å². The molecule has 1 unspecified atom stereocenters. The Bertz CT molecular complexity index is 658. The summed E-state index contributed by atoms with van der Waals surface area (Å²) in [6, 6.07) is 7.43. The first-order valence-corrected chi connectivity index (χ1v) is 7.07. The van der Waals surface area contributed by atoms with Gasteiger partial charge in [-0.05, 0) is 42.2 Å². The molecular formula is C17H18FNO2. The molecule has 1 heterocycles. The van der Waals surface area contributed by atoms with Crippen LogP contribution in [0.15, 0.2) is 41.0 Å². The van der Waals surface area contributed by atoms with Gasteiger partial charge in [0.15, 0.2) is 0 Å². The van der Waals surface area contributed by atoms with E-state index in [4.69, 9.17) is 4.42 Å². The zero-order valence-electron chi connectivity index (χ0n) is 12.2. The van der Waals surface area contributed by atoms with Crippen LogP contribution in [0.2, 0.25) is 0 Å².